The van der Waals surface area contributed by atoms with Crippen molar-refractivity contribution in [2.24, 2.45) is 0 Å². The van der Waals surface area contributed by atoms with Crippen molar-refractivity contribution >= 4 is 17.7 Å². The fraction of sp³-hybridized carbons (Fsp3) is 0.286. The Kier molecular flexibility index (Phi) is 6.94. The van der Waals surface area contributed by atoms with E-state index in [1.807, 2.05) is 0 Å². The van der Waals surface area contributed by atoms with Crippen molar-refractivity contribution < 1.29 is 23.1 Å². The monoisotopic (exact) mass is 431 g/mol. The van der Waals surface area contributed by atoms with E-state index >= 15 is 0 Å². The fourth-order valence-electron chi connectivity index (χ4n) is 2.80. The molecule has 1 aromatic heterocycles. The number of rotatable bonds is 8. The molecule has 3 aromatic rings. The number of thioether (sulfide) groups is 1. The molecule has 1 heterocycles. The molecule has 0 radical (unpaired) electrons. The lowest BCUT2D eigenvalue weighted by Gasteiger charge is -2.20. The zero-order chi connectivity index (χ0) is 21.7. The molecule has 0 saturated carbocycles. The Balaban J connectivity index is 1.67. The summed E-state index contributed by atoms with van der Waals surface area (Å²) in [6.07, 6.45) is 0. The molecule has 0 aliphatic carbocycles. The summed E-state index contributed by atoms with van der Waals surface area (Å²) in [6, 6.07) is 11.4. The number of carbonyl (C=O) groups excluding carboxylic acids is 1. The molecular weight excluding hydrogens is 409 g/mol. The lowest BCUT2D eigenvalue weighted by atomic mass is 10.2. The third-order valence-electron chi connectivity index (χ3n) is 4.32. The number of hydrogen-bond acceptors (Lipinski definition) is 7. The van der Waals surface area contributed by atoms with Crippen molar-refractivity contribution in [2.45, 2.75) is 23.9 Å². The van der Waals surface area contributed by atoms with Crippen LogP contribution in [-0.2, 0) is 11.3 Å². The minimum Gasteiger partial charge on any atom is -0.497 e. The van der Waals surface area contributed by atoms with Gasteiger partial charge in [-0.3, -0.25) is 4.79 Å². The first-order chi connectivity index (χ1) is 14.4. The first-order valence-electron chi connectivity index (χ1n) is 9.12. The van der Waals surface area contributed by atoms with Crippen LogP contribution in [-0.4, -0.2) is 47.5 Å². The average molecular weight is 431 g/mol. The molecule has 1 unspecified atom stereocenters. The summed E-state index contributed by atoms with van der Waals surface area (Å²) >= 11 is 1.16. The van der Waals surface area contributed by atoms with Crippen LogP contribution in [0.25, 0.3) is 11.5 Å². The van der Waals surface area contributed by atoms with Crippen LogP contribution in [0.3, 0.4) is 0 Å². The second kappa shape index (κ2) is 9.62. The van der Waals surface area contributed by atoms with Crippen LogP contribution >= 0.6 is 11.8 Å². The summed E-state index contributed by atoms with van der Waals surface area (Å²) in [5, 5.41) is 7.89. The summed E-state index contributed by atoms with van der Waals surface area (Å²) in [4.78, 5) is 14.2. The zero-order valence-electron chi connectivity index (χ0n) is 17.1. The Bertz CT molecular complexity index is 1000. The maximum atomic E-state index is 13.4. The van der Waals surface area contributed by atoms with Crippen LogP contribution in [0.4, 0.5) is 4.39 Å². The van der Waals surface area contributed by atoms with Gasteiger partial charge in [0.15, 0.2) is 0 Å². The van der Waals surface area contributed by atoms with Gasteiger partial charge >= 0.3 is 0 Å². The molecule has 0 spiro atoms. The number of halogens is 1. The van der Waals surface area contributed by atoms with E-state index in [0.29, 0.717) is 29.5 Å². The second-order valence-corrected chi connectivity index (χ2v) is 7.85. The molecule has 9 heteroatoms. The van der Waals surface area contributed by atoms with Crippen molar-refractivity contribution in [3.8, 4) is 23.0 Å². The first kappa shape index (κ1) is 21.6. The van der Waals surface area contributed by atoms with Gasteiger partial charge in [-0.25, -0.2) is 4.39 Å². The van der Waals surface area contributed by atoms with Gasteiger partial charge in [0.2, 0.25) is 11.8 Å². The number of ether oxygens (including phenoxy) is 2. The molecule has 1 amide bonds. The van der Waals surface area contributed by atoms with Gasteiger partial charge in [0.05, 0.1) is 19.5 Å². The van der Waals surface area contributed by atoms with Crippen LogP contribution in [0.5, 0.6) is 11.5 Å². The van der Waals surface area contributed by atoms with Gasteiger partial charge in [0.1, 0.15) is 17.3 Å². The predicted octanol–water partition coefficient (Wildman–Crippen LogP) is 4.03. The molecular formula is C21H22FN3O4S. The summed E-state index contributed by atoms with van der Waals surface area (Å²) in [5.41, 5.74) is 1.36. The van der Waals surface area contributed by atoms with E-state index in [4.69, 9.17) is 13.9 Å². The Labute approximate surface area is 178 Å². The Morgan fingerprint density at radius 2 is 1.87 bits per heavy atom. The van der Waals surface area contributed by atoms with E-state index < -0.39 is 5.25 Å². The van der Waals surface area contributed by atoms with Gasteiger partial charge in [-0.05, 0) is 36.8 Å². The molecule has 1 atom stereocenters. The van der Waals surface area contributed by atoms with E-state index in [0.717, 1.165) is 17.3 Å². The smallest absolute Gasteiger partial charge is 0.277 e. The van der Waals surface area contributed by atoms with Gasteiger partial charge in [0.25, 0.3) is 5.22 Å². The Hall–Kier alpha value is -3.07. The Morgan fingerprint density at radius 1 is 1.17 bits per heavy atom. The standard InChI is InChI=1S/C21H22FN3O4S/c1-13(20(26)25(2)12-14-6-5-7-16(22)8-14)30-21-24-23-19(29-21)15-9-17(27-3)11-18(10-15)28-4/h5-11,13H,12H2,1-4H3. The molecule has 30 heavy (non-hydrogen) atoms. The van der Waals surface area contributed by atoms with Crippen molar-refractivity contribution in [3.63, 3.8) is 0 Å². The van der Waals surface area contributed by atoms with Crippen LogP contribution in [0.2, 0.25) is 0 Å². The molecule has 0 N–H and O–H groups in total. The van der Waals surface area contributed by atoms with Crippen LogP contribution in [0, 0.1) is 5.82 Å². The number of hydrogen-bond donors (Lipinski definition) is 0. The SMILES string of the molecule is COc1cc(OC)cc(-c2nnc(SC(C)C(=O)N(C)Cc3cccc(F)c3)o2)c1. The molecule has 158 valence electrons. The summed E-state index contributed by atoms with van der Waals surface area (Å²) in [7, 11) is 4.79. The Morgan fingerprint density at radius 3 is 2.50 bits per heavy atom. The summed E-state index contributed by atoms with van der Waals surface area (Å²) < 4.78 is 29.6. The minimum absolute atomic E-state index is 0.132. The fourth-order valence-corrected chi connectivity index (χ4v) is 3.60. The topological polar surface area (TPSA) is 77.7 Å². The number of methoxy groups -OCH3 is 2. The number of aromatic nitrogens is 2. The lowest BCUT2D eigenvalue weighted by molar-refractivity contribution is -0.129. The van der Waals surface area contributed by atoms with Gasteiger partial charge in [-0.1, -0.05) is 23.9 Å². The normalized spacial score (nSPS) is 11.8. The minimum atomic E-state index is -0.461. The first-order valence-corrected chi connectivity index (χ1v) is 10.0. The quantitative estimate of drug-likeness (QED) is 0.498. The van der Waals surface area contributed by atoms with Crippen LogP contribution in [0.15, 0.2) is 52.1 Å². The molecule has 0 aliphatic heterocycles. The van der Waals surface area contributed by atoms with E-state index in [9.17, 15) is 9.18 Å². The van der Waals surface area contributed by atoms with Crippen molar-refractivity contribution in [1.82, 2.24) is 15.1 Å². The maximum absolute atomic E-state index is 13.4. The maximum Gasteiger partial charge on any atom is 0.277 e. The number of carbonyl (C=O) groups is 1. The van der Waals surface area contributed by atoms with E-state index in [1.165, 1.54) is 17.0 Å². The highest BCUT2D eigenvalue weighted by molar-refractivity contribution is 8.00. The van der Waals surface area contributed by atoms with Gasteiger partial charge in [0, 0.05) is 25.2 Å². The predicted molar refractivity (Wildman–Crippen MR) is 111 cm³/mol. The van der Waals surface area contributed by atoms with Gasteiger partial charge < -0.3 is 18.8 Å². The molecule has 0 aliphatic rings. The van der Waals surface area contributed by atoms with E-state index in [1.54, 1.807) is 58.5 Å². The largest absolute Gasteiger partial charge is 0.497 e. The molecule has 7 nitrogen and oxygen atoms in total. The third-order valence-corrected chi connectivity index (χ3v) is 5.24. The third kappa shape index (κ3) is 5.29. The van der Waals surface area contributed by atoms with Crippen LogP contribution < -0.4 is 9.47 Å². The molecule has 0 bridgehead atoms. The zero-order valence-corrected chi connectivity index (χ0v) is 17.9. The van der Waals surface area contributed by atoms with Gasteiger partial charge in [-0.2, -0.15) is 0 Å². The molecule has 0 saturated heterocycles. The number of benzene rings is 2. The molecule has 3 rings (SSSR count). The van der Waals surface area contributed by atoms with Crippen molar-refractivity contribution in [1.29, 1.82) is 0 Å². The lowest BCUT2D eigenvalue weighted by Crippen LogP contribution is -2.32. The second-order valence-electron chi connectivity index (χ2n) is 6.56. The summed E-state index contributed by atoms with van der Waals surface area (Å²) in [5.74, 6) is 1.02. The number of nitrogens with zero attached hydrogens (tertiary/aromatic N) is 3. The molecule has 0 fully saturated rings. The van der Waals surface area contributed by atoms with Crippen LogP contribution in [0.1, 0.15) is 12.5 Å². The van der Waals surface area contributed by atoms with Crippen molar-refractivity contribution in [2.75, 3.05) is 21.3 Å². The average Bonchev–Trinajstić information content (AvgIpc) is 3.21. The van der Waals surface area contributed by atoms with Gasteiger partial charge in [-0.15, -0.1) is 10.2 Å². The van der Waals surface area contributed by atoms with E-state index in [2.05, 4.69) is 10.2 Å². The number of amides is 1. The molecule has 2 aromatic carbocycles. The highest BCUT2D eigenvalue weighted by Crippen LogP contribution is 2.31. The highest BCUT2D eigenvalue weighted by Gasteiger charge is 2.22. The van der Waals surface area contributed by atoms with Crippen molar-refractivity contribution in [3.05, 3.63) is 53.8 Å². The summed E-state index contributed by atoms with van der Waals surface area (Å²) in [6.45, 7) is 2.06. The highest BCUT2D eigenvalue weighted by atomic mass is 32.2. The van der Waals surface area contributed by atoms with E-state index in [-0.39, 0.29) is 16.9 Å².